The van der Waals surface area contributed by atoms with E-state index < -0.39 is 5.92 Å². The number of nitrogens with zero attached hydrogens (tertiary/aromatic N) is 3. The number of ether oxygens (including phenoxy) is 1. The van der Waals surface area contributed by atoms with Gasteiger partial charge in [0.1, 0.15) is 5.78 Å². The van der Waals surface area contributed by atoms with E-state index in [0.717, 1.165) is 53.2 Å². The Morgan fingerprint density at radius 3 is 2.76 bits per heavy atom. The molecule has 190 valence electrons. The molecule has 5 unspecified atom stereocenters. The molecule has 0 amide bonds. The molecule has 7 heteroatoms. The van der Waals surface area contributed by atoms with Crippen molar-refractivity contribution in [2.45, 2.75) is 44.7 Å². The summed E-state index contributed by atoms with van der Waals surface area (Å²) in [6.45, 7) is 3.81. The maximum absolute atomic E-state index is 13.0. The van der Waals surface area contributed by atoms with Crippen LogP contribution in [0.1, 0.15) is 38.2 Å². The molecule has 5 aliphatic heterocycles. The van der Waals surface area contributed by atoms with Crippen LogP contribution in [-0.4, -0.2) is 60.2 Å². The van der Waals surface area contributed by atoms with Crippen LogP contribution in [0.2, 0.25) is 0 Å². The summed E-state index contributed by atoms with van der Waals surface area (Å²) in [4.78, 5) is 27.9. The van der Waals surface area contributed by atoms with Crippen LogP contribution in [0.3, 0.4) is 0 Å². The van der Waals surface area contributed by atoms with Gasteiger partial charge in [-0.25, -0.2) is 0 Å². The summed E-state index contributed by atoms with van der Waals surface area (Å²) in [6, 6.07) is 14.6. The van der Waals surface area contributed by atoms with Gasteiger partial charge in [-0.05, 0) is 32.3 Å². The number of nitrogens with one attached hydrogen (secondary N) is 2. The summed E-state index contributed by atoms with van der Waals surface area (Å²) in [5, 5.41) is 12.5. The lowest BCUT2D eigenvalue weighted by atomic mass is 9.74. The Balaban J connectivity index is 1.45. The highest BCUT2D eigenvalue weighted by atomic mass is 16.5. The van der Waals surface area contributed by atoms with Gasteiger partial charge in [-0.15, -0.1) is 0 Å². The average molecular weight is 496 g/mol. The average Bonchev–Trinajstić information content (AvgIpc) is 3.26. The molecule has 1 aromatic heterocycles. The Hall–Kier alpha value is -3.29. The van der Waals surface area contributed by atoms with Crippen LogP contribution in [0.5, 0.6) is 0 Å². The molecule has 3 fully saturated rings. The number of aliphatic imine (C=N–C) groups is 2. The standard InChI is InChI=1S/C30H33N5O2/c1-18(36)29-26(31)9-8-22-12-28(35-30(29)24-11-23-17-37-16-21(24)14-32-23)25(15-33-22)20-7-10-27(34-13-20)19-5-3-2-4-6-19/h2-7,10,13,15,21-24,29,31-32H,8-9,11-12,14,16-17H2,1H3. The van der Waals surface area contributed by atoms with Crippen molar-refractivity contribution in [2.75, 3.05) is 19.8 Å². The number of hydrogen-bond acceptors (Lipinski definition) is 7. The van der Waals surface area contributed by atoms with Crippen LogP contribution < -0.4 is 5.32 Å². The van der Waals surface area contributed by atoms with Gasteiger partial charge in [0, 0.05) is 71.4 Å². The highest BCUT2D eigenvalue weighted by Gasteiger charge is 2.42. The number of ketones is 1. The molecule has 0 spiro atoms. The molecule has 4 bridgehead atoms. The van der Waals surface area contributed by atoms with E-state index >= 15 is 0 Å². The van der Waals surface area contributed by atoms with Crippen molar-refractivity contribution in [1.29, 1.82) is 5.41 Å². The zero-order chi connectivity index (χ0) is 25.4. The summed E-state index contributed by atoms with van der Waals surface area (Å²) in [6.07, 6.45) is 6.75. The van der Waals surface area contributed by atoms with Crippen molar-refractivity contribution in [3.63, 3.8) is 0 Å². The summed E-state index contributed by atoms with van der Waals surface area (Å²) in [5.74, 6) is -0.204. The minimum atomic E-state index is -0.573. The van der Waals surface area contributed by atoms with Crippen molar-refractivity contribution >= 4 is 29.0 Å². The first kappa shape index (κ1) is 24.1. The number of dihydropyridines is 1. The van der Waals surface area contributed by atoms with E-state index in [4.69, 9.17) is 25.1 Å². The molecule has 5 aliphatic rings. The normalized spacial score (nSPS) is 29.7. The number of aromatic nitrogens is 1. The molecule has 1 aromatic carbocycles. The number of piperidine rings is 1. The SMILES string of the molecule is CC(=O)C1C(=N)CCC2CC(=C(c3ccc(-c4ccccc4)nc3)C=N2)N=C1C1CC2COCC1CN2. The molecule has 7 rings (SSSR count). The first-order chi connectivity index (χ1) is 18.1. The fraction of sp³-hybridized carbons (Fsp3) is 0.433. The Bertz CT molecular complexity index is 1280. The Morgan fingerprint density at radius 2 is 1.97 bits per heavy atom. The first-order valence-electron chi connectivity index (χ1n) is 13.3. The zero-order valence-electron chi connectivity index (χ0n) is 21.2. The van der Waals surface area contributed by atoms with Crippen molar-refractivity contribution < 1.29 is 9.53 Å². The van der Waals surface area contributed by atoms with Gasteiger partial charge in [0.25, 0.3) is 0 Å². The summed E-state index contributed by atoms with van der Waals surface area (Å²) in [5.41, 5.74) is 6.22. The van der Waals surface area contributed by atoms with Gasteiger partial charge < -0.3 is 15.5 Å². The quantitative estimate of drug-likeness (QED) is 0.657. The third kappa shape index (κ3) is 4.86. The van der Waals surface area contributed by atoms with Gasteiger partial charge in [-0.3, -0.25) is 19.8 Å². The molecule has 37 heavy (non-hydrogen) atoms. The molecule has 0 saturated carbocycles. The fourth-order valence-electron chi connectivity index (χ4n) is 6.18. The van der Waals surface area contributed by atoms with E-state index in [1.165, 1.54) is 0 Å². The predicted octanol–water partition coefficient (Wildman–Crippen LogP) is 4.39. The molecule has 0 aliphatic carbocycles. The maximum Gasteiger partial charge on any atom is 0.144 e. The van der Waals surface area contributed by atoms with Gasteiger partial charge in [0.05, 0.1) is 36.6 Å². The smallest absolute Gasteiger partial charge is 0.144 e. The molecule has 7 nitrogen and oxygen atoms in total. The van der Waals surface area contributed by atoms with E-state index in [9.17, 15) is 4.79 Å². The van der Waals surface area contributed by atoms with Gasteiger partial charge in [0.2, 0.25) is 0 Å². The van der Waals surface area contributed by atoms with E-state index in [1.807, 2.05) is 36.7 Å². The van der Waals surface area contributed by atoms with Gasteiger partial charge in [0.15, 0.2) is 0 Å². The van der Waals surface area contributed by atoms with Crippen LogP contribution in [0, 0.1) is 23.2 Å². The predicted molar refractivity (Wildman–Crippen MR) is 146 cm³/mol. The van der Waals surface area contributed by atoms with E-state index in [2.05, 4.69) is 23.5 Å². The van der Waals surface area contributed by atoms with E-state index in [1.54, 1.807) is 6.92 Å². The number of benzene rings is 1. The molecular weight excluding hydrogens is 462 g/mol. The Morgan fingerprint density at radius 1 is 1.11 bits per heavy atom. The largest absolute Gasteiger partial charge is 0.379 e. The lowest BCUT2D eigenvalue weighted by Crippen LogP contribution is -2.49. The molecule has 6 heterocycles. The Labute approximate surface area is 217 Å². The van der Waals surface area contributed by atoms with Crippen LogP contribution in [-0.2, 0) is 9.53 Å². The molecule has 3 saturated heterocycles. The minimum absolute atomic E-state index is 0.00569. The summed E-state index contributed by atoms with van der Waals surface area (Å²) in [7, 11) is 0. The number of allylic oxidation sites excluding steroid dienone is 1. The van der Waals surface area contributed by atoms with E-state index in [0.29, 0.717) is 31.8 Å². The molecule has 2 aromatic rings. The van der Waals surface area contributed by atoms with Crippen molar-refractivity contribution in [3.05, 3.63) is 59.9 Å². The second kappa shape index (κ2) is 10.2. The number of fused-ring (bicyclic) bond motifs is 6. The summed E-state index contributed by atoms with van der Waals surface area (Å²) >= 11 is 0. The van der Waals surface area contributed by atoms with Crippen LogP contribution in [0.4, 0.5) is 0 Å². The van der Waals surface area contributed by atoms with Crippen LogP contribution in [0.15, 0.2) is 64.3 Å². The lowest BCUT2D eigenvalue weighted by molar-refractivity contribution is -0.117. The lowest BCUT2D eigenvalue weighted by Gasteiger charge is -2.35. The van der Waals surface area contributed by atoms with Gasteiger partial charge in [-0.2, -0.15) is 0 Å². The number of carbonyl (C=O) groups excluding carboxylic acids is 1. The minimum Gasteiger partial charge on any atom is -0.379 e. The van der Waals surface area contributed by atoms with E-state index in [-0.39, 0.29) is 29.7 Å². The van der Waals surface area contributed by atoms with Crippen LogP contribution in [0.25, 0.3) is 16.8 Å². The Kier molecular flexibility index (Phi) is 6.65. The van der Waals surface area contributed by atoms with Crippen molar-refractivity contribution in [3.8, 4) is 11.3 Å². The third-order valence-corrected chi connectivity index (χ3v) is 8.17. The number of hydrogen-bond donors (Lipinski definition) is 2. The fourth-order valence-corrected chi connectivity index (χ4v) is 6.18. The van der Waals surface area contributed by atoms with Gasteiger partial charge in [-0.1, -0.05) is 36.4 Å². The molecule has 5 atom stereocenters. The topological polar surface area (TPSA) is 99.8 Å². The molecule has 0 radical (unpaired) electrons. The number of Topliss-reactive ketones (excluding diaryl/α,β-unsaturated/α-hetero) is 1. The highest BCUT2D eigenvalue weighted by Crippen LogP contribution is 2.36. The molecular formula is C30H33N5O2. The van der Waals surface area contributed by atoms with Crippen molar-refractivity contribution in [1.82, 2.24) is 10.3 Å². The van der Waals surface area contributed by atoms with Crippen molar-refractivity contribution in [2.24, 2.45) is 27.7 Å². The maximum atomic E-state index is 13.0. The monoisotopic (exact) mass is 495 g/mol. The first-order valence-corrected chi connectivity index (χ1v) is 13.3. The highest BCUT2D eigenvalue weighted by molar-refractivity contribution is 6.23. The number of carbonyl (C=O) groups is 1. The number of pyridine rings is 1. The van der Waals surface area contributed by atoms with Gasteiger partial charge >= 0.3 is 0 Å². The second-order valence-electron chi connectivity index (χ2n) is 10.7. The van der Waals surface area contributed by atoms with Crippen LogP contribution >= 0.6 is 0 Å². The zero-order valence-corrected chi connectivity index (χ0v) is 21.2. The molecule has 2 N–H and O–H groups in total. The summed E-state index contributed by atoms with van der Waals surface area (Å²) < 4.78 is 5.93. The second-order valence-corrected chi connectivity index (χ2v) is 10.7. The number of rotatable bonds is 4. The third-order valence-electron chi connectivity index (χ3n) is 8.17.